The molecule has 2 rings (SSSR count). The molecule has 0 saturated heterocycles. The van der Waals surface area contributed by atoms with Crippen LogP contribution in [0.3, 0.4) is 0 Å². The maximum atomic E-state index is 5.85. The Balaban J connectivity index is 2.39. The van der Waals surface area contributed by atoms with Gasteiger partial charge in [0.15, 0.2) is 0 Å². The Hall–Kier alpha value is -1.16. The molecule has 4 heteroatoms. The van der Waals surface area contributed by atoms with Crippen LogP contribution in [0, 0.1) is 24.7 Å². The van der Waals surface area contributed by atoms with Gasteiger partial charge in [0, 0.05) is 11.7 Å². The van der Waals surface area contributed by atoms with E-state index in [9.17, 15) is 0 Å². The lowest BCUT2D eigenvalue weighted by molar-refractivity contribution is 0.457. The van der Waals surface area contributed by atoms with Crippen LogP contribution in [0.2, 0.25) is 0 Å². The smallest absolute Gasteiger partial charge is 0.137 e. The van der Waals surface area contributed by atoms with Crippen LogP contribution in [0.4, 0.5) is 5.82 Å². The number of aromatic nitrogens is 1. The number of pyridine rings is 1. The molecular formula is C15H23N3S. The molecule has 1 aromatic heterocycles. The lowest BCUT2D eigenvalue weighted by Crippen LogP contribution is -2.20. The summed E-state index contributed by atoms with van der Waals surface area (Å²) < 4.78 is 0. The van der Waals surface area contributed by atoms with Crippen LogP contribution in [0.15, 0.2) is 6.07 Å². The lowest BCUT2D eigenvalue weighted by Gasteiger charge is -2.15. The monoisotopic (exact) mass is 277 g/mol. The van der Waals surface area contributed by atoms with Gasteiger partial charge in [-0.05, 0) is 36.3 Å². The number of rotatable bonds is 3. The molecule has 3 nitrogen and oxygen atoms in total. The number of hydrogen-bond donors (Lipinski definition) is 2. The molecule has 0 bridgehead atoms. The van der Waals surface area contributed by atoms with Crippen LogP contribution >= 0.6 is 12.2 Å². The van der Waals surface area contributed by atoms with E-state index in [-0.39, 0.29) is 10.8 Å². The van der Waals surface area contributed by atoms with E-state index in [2.05, 4.69) is 38.0 Å². The SMILES string of the molecule is Cc1cc(C)c(C(N)=S)c(NC2C(C)(C)C2(C)C)n1. The van der Waals surface area contributed by atoms with Crippen LogP contribution in [0.1, 0.15) is 44.5 Å². The van der Waals surface area contributed by atoms with Crippen molar-refractivity contribution in [3.8, 4) is 0 Å². The molecule has 0 spiro atoms. The van der Waals surface area contributed by atoms with E-state index >= 15 is 0 Å². The minimum atomic E-state index is 0.250. The highest BCUT2D eigenvalue weighted by atomic mass is 32.1. The molecule has 0 aliphatic heterocycles. The number of anilines is 1. The zero-order chi connectivity index (χ0) is 14.6. The molecule has 104 valence electrons. The molecule has 0 amide bonds. The van der Waals surface area contributed by atoms with Gasteiger partial charge in [0.05, 0.1) is 5.56 Å². The van der Waals surface area contributed by atoms with Crippen molar-refractivity contribution in [2.75, 3.05) is 5.32 Å². The maximum Gasteiger partial charge on any atom is 0.137 e. The molecule has 0 radical (unpaired) electrons. The third-order valence-corrected chi connectivity index (χ3v) is 5.10. The second kappa shape index (κ2) is 4.17. The van der Waals surface area contributed by atoms with Crippen molar-refractivity contribution in [3.63, 3.8) is 0 Å². The first-order chi connectivity index (χ1) is 8.59. The molecule has 1 aliphatic rings. The normalized spacial score (nSPS) is 20.1. The van der Waals surface area contributed by atoms with E-state index in [1.165, 1.54) is 0 Å². The van der Waals surface area contributed by atoms with E-state index in [4.69, 9.17) is 18.0 Å². The third kappa shape index (κ3) is 2.12. The Morgan fingerprint density at radius 1 is 1.26 bits per heavy atom. The summed E-state index contributed by atoms with van der Waals surface area (Å²) in [6.07, 6.45) is 0. The Morgan fingerprint density at radius 3 is 2.21 bits per heavy atom. The van der Waals surface area contributed by atoms with Gasteiger partial charge in [-0.15, -0.1) is 0 Å². The van der Waals surface area contributed by atoms with Crippen molar-refractivity contribution in [2.45, 2.75) is 47.6 Å². The molecule has 1 aliphatic carbocycles. The highest BCUT2D eigenvalue weighted by Crippen LogP contribution is 2.63. The van der Waals surface area contributed by atoms with Gasteiger partial charge in [-0.1, -0.05) is 39.9 Å². The van der Waals surface area contributed by atoms with Crippen LogP contribution in [-0.4, -0.2) is 16.0 Å². The van der Waals surface area contributed by atoms with Crippen molar-refractivity contribution < 1.29 is 0 Å². The van der Waals surface area contributed by atoms with Gasteiger partial charge < -0.3 is 11.1 Å². The third-order valence-electron chi connectivity index (χ3n) is 4.89. The zero-order valence-electron chi connectivity index (χ0n) is 12.6. The average Bonchev–Trinajstić information content (AvgIpc) is 2.59. The topological polar surface area (TPSA) is 50.9 Å². The Labute approximate surface area is 121 Å². The zero-order valence-corrected chi connectivity index (χ0v) is 13.4. The average molecular weight is 277 g/mol. The van der Waals surface area contributed by atoms with Crippen LogP contribution in [0.25, 0.3) is 0 Å². The summed E-state index contributed by atoms with van der Waals surface area (Å²) in [7, 11) is 0. The molecule has 19 heavy (non-hydrogen) atoms. The number of nitrogens with zero attached hydrogens (tertiary/aromatic N) is 1. The molecular weight excluding hydrogens is 254 g/mol. The van der Waals surface area contributed by atoms with Crippen LogP contribution < -0.4 is 11.1 Å². The van der Waals surface area contributed by atoms with Crippen LogP contribution in [-0.2, 0) is 0 Å². The molecule has 0 atom stereocenters. The first-order valence-electron chi connectivity index (χ1n) is 6.63. The second-order valence-electron chi connectivity index (χ2n) is 6.69. The predicted octanol–water partition coefficient (Wildman–Crippen LogP) is 3.18. The van der Waals surface area contributed by atoms with E-state index in [1.807, 2.05) is 19.9 Å². The van der Waals surface area contributed by atoms with Gasteiger partial charge >= 0.3 is 0 Å². The van der Waals surface area contributed by atoms with Gasteiger partial charge in [-0.3, -0.25) is 0 Å². The fourth-order valence-electron chi connectivity index (χ4n) is 2.95. The molecule has 3 N–H and O–H groups in total. The Morgan fingerprint density at radius 2 is 1.79 bits per heavy atom. The lowest BCUT2D eigenvalue weighted by atomic mass is 10.0. The summed E-state index contributed by atoms with van der Waals surface area (Å²) in [6.45, 7) is 13.1. The quantitative estimate of drug-likeness (QED) is 0.833. The first-order valence-corrected chi connectivity index (χ1v) is 7.04. The molecule has 1 fully saturated rings. The van der Waals surface area contributed by atoms with Gasteiger partial charge in [-0.2, -0.15) is 0 Å². The summed E-state index contributed by atoms with van der Waals surface area (Å²) in [5.41, 5.74) is 9.29. The second-order valence-corrected chi connectivity index (χ2v) is 7.13. The van der Waals surface area contributed by atoms with E-state index in [1.54, 1.807) is 0 Å². The number of hydrogen-bond acceptors (Lipinski definition) is 3. The van der Waals surface area contributed by atoms with E-state index in [0.29, 0.717) is 11.0 Å². The van der Waals surface area contributed by atoms with Crippen LogP contribution in [0.5, 0.6) is 0 Å². The minimum Gasteiger partial charge on any atom is -0.389 e. The largest absolute Gasteiger partial charge is 0.389 e. The summed E-state index contributed by atoms with van der Waals surface area (Å²) in [5.74, 6) is 0.827. The van der Waals surface area contributed by atoms with Crippen molar-refractivity contribution in [2.24, 2.45) is 16.6 Å². The molecule has 1 aromatic rings. The van der Waals surface area contributed by atoms with Crippen molar-refractivity contribution in [1.82, 2.24) is 4.98 Å². The number of aryl methyl sites for hydroxylation is 2. The summed E-state index contributed by atoms with van der Waals surface area (Å²) in [6, 6.07) is 2.41. The summed E-state index contributed by atoms with van der Waals surface area (Å²) >= 11 is 5.17. The fraction of sp³-hybridized carbons (Fsp3) is 0.600. The van der Waals surface area contributed by atoms with E-state index < -0.39 is 0 Å². The van der Waals surface area contributed by atoms with Crippen molar-refractivity contribution in [3.05, 3.63) is 22.9 Å². The van der Waals surface area contributed by atoms with Crippen molar-refractivity contribution >= 4 is 23.0 Å². The number of thiocarbonyl (C=S) groups is 1. The Kier molecular flexibility index (Phi) is 3.13. The van der Waals surface area contributed by atoms with Gasteiger partial charge in [0.1, 0.15) is 10.8 Å². The molecule has 1 heterocycles. The highest BCUT2D eigenvalue weighted by Gasteiger charge is 2.65. The Bertz CT molecular complexity index is 533. The summed E-state index contributed by atoms with van der Waals surface area (Å²) in [5, 5.41) is 3.55. The van der Waals surface area contributed by atoms with Gasteiger partial charge in [0.2, 0.25) is 0 Å². The highest BCUT2D eigenvalue weighted by molar-refractivity contribution is 7.80. The maximum absolute atomic E-state index is 5.85. The van der Waals surface area contributed by atoms with Crippen molar-refractivity contribution in [1.29, 1.82) is 0 Å². The predicted molar refractivity (Wildman–Crippen MR) is 84.6 cm³/mol. The van der Waals surface area contributed by atoms with Gasteiger partial charge in [-0.25, -0.2) is 4.98 Å². The molecule has 1 saturated carbocycles. The minimum absolute atomic E-state index is 0.250. The standard InChI is InChI=1S/C15H23N3S/c1-8-7-9(2)17-12(10(8)11(16)19)18-13-14(3,4)15(13,5)6/h7,13H,1-6H3,(H2,16,19)(H,17,18). The molecule has 0 aromatic carbocycles. The molecule has 0 unspecified atom stereocenters. The summed E-state index contributed by atoms with van der Waals surface area (Å²) in [4.78, 5) is 4.99. The van der Waals surface area contributed by atoms with E-state index in [0.717, 1.165) is 22.6 Å². The number of nitrogens with one attached hydrogen (secondary N) is 1. The first kappa shape index (κ1) is 14.3. The fourth-order valence-corrected chi connectivity index (χ4v) is 3.20. The van der Waals surface area contributed by atoms with Gasteiger partial charge in [0.25, 0.3) is 0 Å². The number of nitrogens with two attached hydrogens (primary N) is 1.